The minimum Gasteiger partial charge on any atom is -0.414 e. The van der Waals surface area contributed by atoms with E-state index in [1.54, 1.807) is 0 Å². The van der Waals surface area contributed by atoms with Crippen molar-refractivity contribution in [3.63, 3.8) is 0 Å². The lowest BCUT2D eigenvalue weighted by atomic mass is 9.44. The minimum absolute atomic E-state index is 0.549. The summed E-state index contributed by atoms with van der Waals surface area (Å²) in [6.45, 7) is 20.1. The van der Waals surface area contributed by atoms with Crippen LogP contribution in [0.4, 0.5) is 0 Å². The van der Waals surface area contributed by atoms with E-state index in [4.69, 9.17) is 4.43 Å². The van der Waals surface area contributed by atoms with Gasteiger partial charge in [0, 0.05) is 6.10 Å². The number of hydrogen-bond acceptors (Lipinski definition) is 1. The van der Waals surface area contributed by atoms with E-state index in [2.05, 4.69) is 54.3 Å². The summed E-state index contributed by atoms with van der Waals surface area (Å²) in [6, 6.07) is 0. The van der Waals surface area contributed by atoms with Crippen molar-refractivity contribution in [3.05, 3.63) is 0 Å². The third-order valence-corrected chi connectivity index (χ3v) is 12.3. The lowest BCUT2D eigenvalue weighted by molar-refractivity contribution is -0.142. The Morgan fingerprint density at radius 1 is 0.781 bits per heavy atom. The Labute approximate surface area is 202 Å². The molecule has 0 aliphatic heterocycles. The molecule has 0 unspecified atom stereocenters. The largest absolute Gasteiger partial charge is 0.414 e. The van der Waals surface area contributed by atoms with Gasteiger partial charge in [-0.3, -0.25) is 0 Å². The second-order valence-corrected chi connectivity index (χ2v) is 19.2. The fourth-order valence-corrected chi connectivity index (χ4v) is 11.2. The lowest BCUT2D eigenvalue weighted by Gasteiger charge is -2.62. The van der Waals surface area contributed by atoms with E-state index in [9.17, 15) is 0 Å². The molecule has 0 heterocycles. The second-order valence-electron chi connectivity index (χ2n) is 14.8. The van der Waals surface area contributed by atoms with Crippen molar-refractivity contribution < 1.29 is 4.43 Å². The Balaban J connectivity index is 1.47. The SMILES string of the molecule is CC(C)CCC[C@@H](C)[C@H]1CC[C@H]2[C@@H]3CC[C@@H]4[C@H](O[Si](C)(C)C)CCC[C@]4(C)[C@H]3CC[C@]12C. The monoisotopic (exact) mass is 460 g/mol. The zero-order valence-corrected chi connectivity index (χ0v) is 24.0. The van der Waals surface area contributed by atoms with Crippen LogP contribution in [0.25, 0.3) is 0 Å². The zero-order chi connectivity index (χ0) is 23.3. The van der Waals surface area contributed by atoms with Gasteiger partial charge in [-0.2, -0.15) is 0 Å². The van der Waals surface area contributed by atoms with Crippen molar-refractivity contribution in [2.75, 3.05) is 0 Å². The maximum Gasteiger partial charge on any atom is 0.184 e. The standard InChI is InChI=1S/C30H56OSi/c1-21(2)11-9-12-22(3)24-16-17-25-23-14-15-27-28(31-32(6,7)8)13-10-19-29(27,4)26(23)18-20-30(24,25)5/h21-28H,9-20H2,1-8H3/t22-,23+,24-,25+,26+,27-,28-,29-,30-/m1/s1. The summed E-state index contributed by atoms with van der Waals surface area (Å²) in [6.07, 6.45) is 18.1. The van der Waals surface area contributed by atoms with Gasteiger partial charge in [-0.1, -0.05) is 60.3 Å². The molecule has 4 fully saturated rings. The predicted molar refractivity (Wildman–Crippen MR) is 141 cm³/mol. The first kappa shape index (κ1) is 25.3. The fourth-order valence-electron chi connectivity index (χ4n) is 9.97. The molecule has 0 spiro atoms. The average molecular weight is 461 g/mol. The van der Waals surface area contributed by atoms with Crippen LogP contribution < -0.4 is 0 Å². The number of fused-ring (bicyclic) bond motifs is 5. The van der Waals surface area contributed by atoms with Gasteiger partial charge in [0.15, 0.2) is 8.32 Å². The van der Waals surface area contributed by atoms with Crippen LogP contribution in [0, 0.1) is 52.3 Å². The average Bonchev–Trinajstić information content (AvgIpc) is 3.03. The third-order valence-electron chi connectivity index (χ3n) is 11.3. The maximum atomic E-state index is 6.84. The second kappa shape index (κ2) is 9.33. The van der Waals surface area contributed by atoms with Crippen LogP contribution in [-0.2, 0) is 4.43 Å². The lowest BCUT2D eigenvalue weighted by Crippen LogP contribution is -2.57. The van der Waals surface area contributed by atoms with Crippen molar-refractivity contribution in [1.82, 2.24) is 0 Å². The van der Waals surface area contributed by atoms with E-state index in [-0.39, 0.29) is 0 Å². The Kier molecular flexibility index (Phi) is 7.37. The van der Waals surface area contributed by atoms with Crippen molar-refractivity contribution in [1.29, 1.82) is 0 Å². The van der Waals surface area contributed by atoms with E-state index >= 15 is 0 Å². The molecular formula is C30H56OSi. The predicted octanol–water partition coefficient (Wildman–Crippen LogP) is 9.33. The molecule has 2 heteroatoms. The molecule has 0 N–H and O–H groups in total. The first-order chi connectivity index (χ1) is 15.0. The van der Waals surface area contributed by atoms with Crippen LogP contribution in [0.3, 0.4) is 0 Å². The Bertz CT molecular complexity index is 637. The van der Waals surface area contributed by atoms with Gasteiger partial charge < -0.3 is 4.43 Å². The Morgan fingerprint density at radius 2 is 1.47 bits per heavy atom. The summed E-state index contributed by atoms with van der Waals surface area (Å²) in [5.41, 5.74) is 1.18. The van der Waals surface area contributed by atoms with Crippen LogP contribution in [0.2, 0.25) is 19.6 Å². The summed E-state index contributed by atoms with van der Waals surface area (Å²) in [4.78, 5) is 0. The van der Waals surface area contributed by atoms with Gasteiger partial charge in [-0.05, 0) is 123 Å². The Hall–Kier alpha value is 0.177. The van der Waals surface area contributed by atoms with E-state index in [1.165, 1.54) is 77.0 Å². The van der Waals surface area contributed by atoms with E-state index < -0.39 is 8.32 Å². The van der Waals surface area contributed by atoms with E-state index in [0.717, 1.165) is 41.4 Å². The molecule has 1 nitrogen and oxygen atoms in total. The normalized spacial score (nSPS) is 45.3. The third kappa shape index (κ3) is 4.67. The summed E-state index contributed by atoms with van der Waals surface area (Å²) in [5, 5.41) is 0. The summed E-state index contributed by atoms with van der Waals surface area (Å²) < 4.78 is 6.84. The highest BCUT2D eigenvalue weighted by Gasteiger charge is 2.61. The highest BCUT2D eigenvalue weighted by Crippen LogP contribution is 2.68. The molecule has 4 aliphatic rings. The minimum atomic E-state index is -1.47. The van der Waals surface area contributed by atoms with Crippen molar-refractivity contribution >= 4 is 8.32 Å². The molecule has 4 rings (SSSR count). The molecule has 0 aromatic heterocycles. The first-order valence-electron chi connectivity index (χ1n) is 14.6. The van der Waals surface area contributed by atoms with Gasteiger partial charge in [0.25, 0.3) is 0 Å². The van der Waals surface area contributed by atoms with Gasteiger partial charge in [-0.15, -0.1) is 0 Å². The van der Waals surface area contributed by atoms with Crippen molar-refractivity contribution in [2.24, 2.45) is 52.3 Å². The van der Waals surface area contributed by atoms with Crippen LogP contribution in [-0.4, -0.2) is 14.4 Å². The number of hydrogen-bond donors (Lipinski definition) is 0. The van der Waals surface area contributed by atoms with Crippen molar-refractivity contribution in [2.45, 2.75) is 137 Å². The molecule has 0 bridgehead atoms. The van der Waals surface area contributed by atoms with Gasteiger partial charge in [0.05, 0.1) is 0 Å². The molecular weight excluding hydrogens is 404 g/mol. The van der Waals surface area contributed by atoms with Crippen LogP contribution in [0.5, 0.6) is 0 Å². The highest BCUT2D eigenvalue weighted by atomic mass is 28.4. The molecule has 0 aromatic rings. The molecule has 0 radical (unpaired) electrons. The highest BCUT2D eigenvalue weighted by molar-refractivity contribution is 6.69. The first-order valence-corrected chi connectivity index (χ1v) is 18.0. The molecule has 0 aromatic carbocycles. The van der Waals surface area contributed by atoms with Gasteiger partial charge in [0.1, 0.15) is 0 Å². The maximum absolute atomic E-state index is 6.84. The van der Waals surface area contributed by atoms with Crippen LogP contribution >= 0.6 is 0 Å². The molecule has 0 amide bonds. The zero-order valence-electron chi connectivity index (χ0n) is 23.0. The Morgan fingerprint density at radius 3 is 2.16 bits per heavy atom. The molecule has 4 saturated carbocycles. The van der Waals surface area contributed by atoms with Crippen LogP contribution in [0.15, 0.2) is 0 Å². The molecule has 186 valence electrons. The fraction of sp³-hybridized carbons (Fsp3) is 1.00. The summed E-state index contributed by atoms with van der Waals surface area (Å²) in [7, 11) is -1.47. The molecule has 0 saturated heterocycles. The van der Waals surface area contributed by atoms with Gasteiger partial charge in [-0.25, -0.2) is 0 Å². The molecule has 9 atom stereocenters. The van der Waals surface area contributed by atoms with Gasteiger partial charge in [0.2, 0.25) is 0 Å². The van der Waals surface area contributed by atoms with E-state index in [0.29, 0.717) is 16.9 Å². The smallest absolute Gasteiger partial charge is 0.184 e. The number of rotatable bonds is 7. The summed E-state index contributed by atoms with van der Waals surface area (Å²) in [5.74, 6) is 6.60. The topological polar surface area (TPSA) is 9.23 Å². The quantitative estimate of drug-likeness (QED) is 0.344. The summed E-state index contributed by atoms with van der Waals surface area (Å²) >= 11 is 0. The molecule has 4 aliphatic carbocycles. The molecule has 32 heavy (non-hydrogen) atoms. The van der Waals surface area contributed by atoms with Crippen molar-refractivity contribution in [3.8, 4) is 0 Å². The van der Waals surface area contributed by atoms with Crippen LogP contribution in [0.1, 0.15) is 112 Å². The van der Waals surface area contributed by atoms with E-state index in [1.807, 2.05) is 0 Å². The van der Waals surface area contributed by atoms with Gasteiger partial charge >= 0.3 is 0 Å².